The van der Waals surface area contributed by atoms with Gasteiger partial charge in [-0.2, -0.15) is 0 Å². The van der Waals surface area contributed by atoms with Gasteiger partial charge in [-0.15, -0.1) is 0 Å². The molecular formula is C2H13MgO8+. The Hall–Kier alpha value is -0.00377. The van der Waals surface area contributed by atoms with Crippen LogP contribution in [-0.4, -0.2) is 61.4 Å². The van der Waals surface area contributed by atoms with Crippen molar-refractivity contribution in [2.75, 3.05) is 0 Å². The first kappa shape index (κ1) is 68.8. The maximum absolute atomic E-state index is 8.89. The number of carbonyl (C=O) groups is 1. The van der Waals surface area contributed by atoms with Crippen molar-refractivity contribution >= 4 is 29.0 Å². The summed E-state index contributed by atoms with van der Waals surface area (Å²) in [6, 6.07) is 0. The Labute approximate surface area is 78.8 Å². The second-order valence-corrected chi connectivity index (χ2v) is 0.492. The molecule has 0 unspecified atom stereocenters. The van der Waals surface area contributed by atoms with E-state index in [1.807, 2.05) is 0 Å². The van der Waals surface area contributed by atoms with Crippen LogP contribution in [0, 0.1) is 0 Å². The fraction of sp³-hybridized carbons (Fsp3) is 0.500. The van der Waals surface area contributed by atoms with Crippen molar-refractivity contribution in [3.63, 3.8) is 0 Å². The molecule has 0 rings (SSSR count). The van der Waals surface area contributed by atoms with Crippen LogP contribution < -0.4 is 5.11 Å². The van der Waals surface area contributed by atoms with Gasteiger partial charge in [0.1, 0.15) is 0 Å². The molecule has 0 spiro atoms. The quantitative estimate of drug-likeness (QED) is 0.218. The normalized spacial score (nSPS) is 2.82. The molecule has 0 aliphatic rings. The predicted octanol–water partition coefficient (Wildman–Crippen LogP) is -4.91. The van der Waals surface area contributed by atoms with Gasteiger partial charge in [-0.05, 0) is 6.92 Å². The summed E-state index contributed by atoms with van der Waals surface area (Å²) < 4.78 is 0. The van der Waals surface area contributed by atoms with E-state index in [2.05, 4.69) is 0 Å². The molecule has 70 valence electrons. The molecule has 11 heavy (non-hydrogen) atoms. The molecule has 0 atom stereocenters. The Morgan fingerprint density at radius 2 is 1.09 bits per heavy atom. The van der Waals surface area contributed by atoms with Crippen LogP contribution in [0.4, 0.5) is 0 Å². The zero-order valence-corrected chi connectivity index (χ0v) is 7.33. The van der Waals surface area contributed by atoms with E-state index in [1.165, 1.54) is 0 Å². The van der Waals surface area contributed by atoms with E-state index in [9.17, 15) is 0 Å². The molecule has 0 fully saturated rings. The first-order valence-electron chi connectivity index (χ1n) is 1.11. The Kier molecular flexibility index (Phi) is 564. The molecule has 0 aromatic carbocycles. The van der Waals surface area contributed by atoms with Gasteiger partial charge < -0.3 is 31.8 Å². The van der Waals surface area contributed by atoms with Gasteiger partial charge in [0.25, 0.3) is 0 Å². The van der Waals surface area contributed by atoms with Crippen LogP contribution in [0.15, 0.2) is 0 Å². The summed E-state index contributed by atoms with van der Waals surface area (Å²) in [7, 11) is 0. The summed E-state index contributed by atoms with van der Waals surface area (Å²) in [5.74, 6) is -1.08. The Balaban J connectivity index is -0.00000000432. The van der Waals surface area contributed by atoms with Crippen LogP contribution in [0.1, 0.15) is 6.92 Å². The van der Waals surface area contributed by atoms with Crippen LogP contribution in [0.2, 0.25) is 0 Å². The molecule has 0 saturated heterocycles. The molecule has 0 heterocycles. The number of carboxylic acid groups (broad SMARTS) is 1. The number of carbonyl (C=O) groups excluding carboxylic acids is 1. The number of hydrogen-bond donors (Lipinski definition) is 2. The average molecular weight is 189 g/mol. The fourth-order valence-electron chi connectivity index (χ4n) is 0. The minimum absolute atomic E-state index is 0. The van der Waals surface area contributed by atoms with Crippen LogP contribution in [0.25, 0.3) is 0 Å². The molecule has 8 nitrogen and oxygen atoms in total. The first-order valence-corrected chi connectivity index (χ1v) is 1.11. The van der Waals surface area contributed by atoms with E-state index in [4.69, 9.17) is 20.4 Å². The van der Waals surface area contributed by atoms with Crippen LogP contribution >= 0.6 is 0 Å². The molecule has 10 N–H and O–H groups in total. The third kappa shape index (κ3) is 45100000. The van der Waals surface area contributed by atoms with Crippen LogP contribution in [0.5, 0.6) is 0 Å². The van der Waals surface area contributed by atoms with Crippen molar-refractivity contribution in [2.45, 2.75) is 6.92 Å². The molecule has 0 aromatic rings. The van der Waals surface area contributed by atoms with Crippen molar-refractivity contribution in [1.29, 1.82) is 0 Å². The third-order valence-corrected chi connectivity index (χ3v) is 0. The van der Waals surface area contributed by atoms with Gasteiger partial charge >= 0.3 is 23.1 Å². The van der Waals surface area contributed by atoms with Gasteiger partial charge in [-0.25, -0.2) is 0 Å². The van der Waals surface area contributed by atoms with E-state index in [0.29, 0.717) is 0 Å². The van der Waals surface area contributed by atoms with Crippen LogP contribution in [-0.2, 0) is 4.79 Å². The minimum Gasteiger partial charge on any atom is -0.550 e. The Morgan fingerprint density at radius 3 is 1.09 bits per heavy atom. The number of hydrogen-bond acceptors (Lipinski definition) is 4. The van der Waals surface area contributed by atoms with E-state index in [1.54, 1.807) is 0 Å². The van der Waals surface area contributed by atoms with Gasteiger partial charge in [-0.3, -0.25) is 10.5 Å². The summed E-state index contributed by atoms with van der Waals surface area (Å²) in [5, 5.41) is 20.9. The molecule has 0 bridgehead atoms. The van der Waals surface area contributed by atoms with Gasteiger partial charge in [0.15, 0.2) is 0 Å². The zero-order chi connectivity index (χ0) is 5.58. The molecular weight excluding hydrogens is 176 g/mol. The zero-order valence-electron chi connectivity index (χ0n) is 5.92. The summed E-state index contributed by atoms with van der Waals surface area (Å²) in [5.41, 5.74) is 0. The van der Waals surface area contributed by atoms with Gasteiger partial charge in [0.05, 0.1) is 0 Å². The molecule has 0 radical (unpaired) electrons. The molecule has 0 aromatic heterocycles. The monoisotopic (exact) mass is 189 g/mol. The molecule has 9 heteroatoms. The smallest absolute Gasteiger partial charge is 0.550 e. The van der Waals surface area contributed by atoms with E-state index >= 15 is 0 Å². The van der Waals surface area contributed by atoms with Gasteiger partial charge in [-0.1, -0.05) is 0 Å². The second-order valence-electron chi connectivity index (χ2n) is 0.492. The molecule has 0 aliphatic carbocycles. The largest absolute Gasteiger partial charge is 2.00 e. The van der Waals surface area contributed by atoms with Crippen molar-refractivity contribution in [1.82, 2.24) is 0 Å². The van der Waals surface area contributed by atoms with Crippen molar-refractivity contribution < 1.29 is 42.3 Å². The number of rotatable bonds is 0. The molecule has 0 aliphatic heterocycles. The SMILES string of the molecule is CC(=O)[O-].O.O.O.O.OO.[Mg+2]. The topological polar surface area (TPSA) is 207 Å². The first-order chi connectivity index (χ1) is 2.73. The van der Waals surface area contributed by atoms with E-state index < -0.39 is 5.97 Å². The maximum atomic E-state index is 8.89. The summed E-state index contributed by atoms with van der Waals surface area (Å²) in [4.78, 5) is 8.89. The summed E-state index contributed by atoms with van der Waals surface area (Å²) >= 11 is 0. The third-order valence-electron chi connectivity index (χ3n) is 0. The van der Waals surface area contributed by atoms with Crippen molar-refractivity contribution in [3.05, 3.63) is 0 Å². The molecule has 0 amide bonds. The van der Waals surface area contributed by atoms with Crippen molar-refractivity contribution in [3.8, 4) is 0 Å². The van der Waals surface area contributed by atoms with Crippen LogP contribution in [0.3, 0.4) is 0 Å². The minimum atomic E-state index is -1.08. The summed E-state index contributed by atoms with van der Waals surface area (Å²) in [6.45, 7) is 0.972. The summed E-state index contributed by atoms with van der Waals surface area (Å²) in [6.07, 6.45) is 0. The Morgan fingerprint density at radius 1 is 1.09 bits per heavy atom. The standard InChI is InChI=1S/C2H4O2.Mg.H2O2.4H2O/c1-2(3)4;;1-2;;;;/h1H3,(H,3,4);;1-2H;4*1H2/q;+2;;;;;/p-1. The van der Waals surface area contributed by atoms with Gasteiger partial charge in [0.2, 0.25) is 0 Å². The number of aliphatic carboxylic acids is 1. The van der Waals surface area contributed by atoms with E-state index in [0.717, 1.165) is 6.92 Å². The fourth-order valence-corrected chi connectivity index (χ4v) is 0. The maximum Gasteiger partial charge on any atom is 2.00 e. The van der Waals surface area contributed by atoms with Crippen molar-refractivity contribution in [2.24, 2.45) is 0 Å². The molecule has 0 saturated carbocycles. The number of carboxylic acids is 1. The van der Waals surface area contributed by atoms with E-state index in [-0.39, 0.29) is 45.0 Å². The van der Waals surface area contributed by atoms with Gasteiger partial charge in [0, 0.05) is 5.97 Å². The average Bonchev–Trinajstić information content (AvgIpc) is 1.41. The Bertz CT molecular complexity index is 35.1. The predicted molar refractivity (Wildman–Crippen MR) is 36.1 cm³/mol. The second kappa shape index (κ2) is 90.1.